The highest BCUT2D eigenvalue weighted by molar-refractivity contribution is 8.81. The molecular formula is C48H104Cl2Si8. The van der Waals surface area contributed by atoms with Gasteiger partial charge in [-0.1, -0.05) is 222 Å². The first-order valence-corrected chi connectivity index (χ1v) is 53.7. The highest BCUT2D eigenvalue weighted by Gasteiger charge is 3.35. The van der Waals surface area contributed by atoms with Gasteiger partial charge in [-0.15, -0.1) is 0 Å². The van der Waals surface area contributed by atoms with Crippen LogP contribution in [-0.4, -0.2) is 52.6 Å². The molecule has 5 fully saturated rings. The lowest BCUT2D eigenvalue weighted by molar-refractivity contribution is 0.423. The molecule has 5 heterocycles. The molecule has 5 rings (SSSR count). The van der Waals surface area contributed by atoms with E-state index < -0.39 is 52.6 Å². The Morgan fingerprint density at radius 3 is 0.431 bits per heavy atom. The van der Waals surface area contributed by atoms with Crippen LogP contribution in [0.15, 0.2) is 0 Å². The molecule has 4 unspecified atom stereocenters. The third-order valence-electron chi connectivity index (χ3n) is 25.1. The summed E-state index contributed by atoms with van der Waals surface area (Å²) in [6, 6.07) is 0. The topological polar surface area (TPSA) is 0 Å². The molecule has 0 spiro atoms. The largest absolute Gasteiger partial charge is 0.175 e. The van der Waals surface area contributed by atoms with Gasteiger partial charge >= 0.3 is 0 Å². The standard InChI is InChI=1S/C48H104Cl2Si8/c1-33(2)41(17,18)51(49)53(43(21,22)35(5)6)54(44(23,24)36(7)8)52(50,42(19,20)34(3)4)56(46(27,28)38(11)12)57(53,47(29,30)39(13)14)55(51,45(25,26)37(9)10)58(54,56)48(31,32)40(15)16/h33-40H,1-32H3. The number of hydrogen-bond donors (Lipinski definition) is 0. The number of hydrogen-bond acceptors (Lipinski definition) is 0. The lowest BCUT2D eigenvalue weighted by Gasteiger charge is -3.03. The van der Waals surface area contributed by atoms with Crippen LogP contribution in [0.4, 0.5) is 0 Å². The van der Waals surface area contributed by atoms with Crippen molar-refractivity contribution in [3.63, 3.8) is 0 Å². The maximum Gasteiger partial charge on any atom is 0.134 e. The van der Waals surface area contributed by atoms with E-state index in [2.05, 4.69) is 222 Å². The Kier molecular flexibility index (Phi) is 12.3. The van der Waals surface area contributed by atoms with Crippen LogP contribution in [0.25, 0.3) is 0 Å². The van der Waals surface area contributed by atoms with Crippen molar-refractivity contribution in [2.45, 2.75) is 262 Å². The molecule has 5 saturated heterocycles. The van der Waals surface area contributed by atoms with Crippen molar-refractivity contribution in [2.24, 2.45) is 47.3 Å². The first-order valence-electron chi connectivity index (χ1n) is 24.7. The van der Waals surface area contributed by atoms with Crippen LogP contribution in [0.3, 0.4) is 0 Å². The maximum absolute atomic E-state index is 10.5. The zero-order chi connectivity index (χ0) is 46.6. The lowest BCUT2D eigenvalue weighted by atomic mass is 9.99. The van der Waals surface area contributed by atoms with E-state index in [4.69, 9.17) is 0 Å². The third-order valence-corrected chi connectivity index (χ3v) is 376. The quantitative estimate of drug-likeness (QED) is 0.107. The second-order valence-corrected chi connectivity index (χ2v) is 137. The molecule has 0 nitrogen and oxygen atoms in total. The van der Waals surface area contributed by atoms with E-state index in [1.54, 1.807) is 0 Å². The predicted molar refractivity (Wildman–Crippen MR) is 289 cm³/mol. The van der Waals surface area contributed by atoms with Crippen LogP contribution in [0, 0.1) is 47.3 Å². The first-order chi connectivity index (χ1) is 25.3. The summed E-state index contributed by atoms with van der Waals surface area (Å²) in [4.78, 5) is 0. The van der Waals surface area contributed by atoms with E-state index >= 15 is 0 Å². The average Bonchev–Trinajstić information content (AvgIpc) is 3.54. The molecule has 4 atom stereocenters. The highest BCUT2D eigenvalue weighted by atomic mass is 35.6. The van der Waals surface area contributed by atoms with E-state index in [0.717, 1.165) is 0 Å². The minimum atomic E-state index is -2.74. The molecule has 5 aliphatic heterocycles. The van der Waals surface area contributed by atoms with Gasteiger partial charge in [0.25, 0.3) is 0 Å². The molecular weight excluding hydrogens is 872 g/mol. The smallest absolute Gasteiger partial charge is 0.134 e. The van der Waals surface area contributed by atoms with E-state index in [1.807, 2.05) is 0 Å². The minimum absolute atomic E-state index is 0.156. The average molecular weight is 977 g/mol. The molecule has 10 heteroatoms. The summed E-state index contributed by atoms with van der Waals surface area (Å²) in [5, 5.41) is 1.99. The molecule has 0 radical (unpaired) electrons. The Labute approximate surface area is 381 Å². The molecule has 0 aromatic carbocycles. The van der Waals surface area contributed by atoms with Crippen LogP contribution in [0.5, 0.6) is 0 Å². The third kappa shape index (κ3) is 3.91. The van der Waals surface area contributed by atoms with Crippen molar-refractivity contribution in [3.05, 3.63) is 0 Å². The summed E-state index contributed by atoms with van der Waals surface area (Å²) in [5.41, 5.74) is 0. The lowest BCUT2D eigenvalue weighted by Crippen LogP contribution is -3.31. The molecule has 0 saturated carbocycles. The number of rotatable bonds is 16. The summed E-state index contributed by atoms with van der Waals surface area (Å²) in [6.07, 6.45) is -5.48. The van der Waals surface area contributed by atoms with Crippen molar-refractivity contribution in [1.82, 2.24) is 0 Å². The zero-order valence-corrected chi connectivity index (χ0v) is 54.9. The van der Waals surface area contributed by atoms with Crippen molar-refractivity contribution < 1.29 is 0 Å². The molecule has 0 aromatic heterocycles. The van der Waals surface area contributed by atoms with Gasteiger partial charge in [-0.25, -0.2) is 0 Å². The molecule has 0 aliphatic carbocycles. The number of halogens is 2. The molecule has 342 valence electrons. The monoisotopic (exact) mass is 975 g/mol. The molecule has 58 heavy (non-hydrogen) atoms. The predicted octanol–water partition coefficient (Wildman–Crippen LogP) is 17.5. The van der Waals surface area contributed by atoms with Gasteiger partial charge in [0.05, 0.1) is 26.5 Å². The van der Waals surface area contributed by atoms with Crippen LogP contribution in [-0.2, 0) is 0 Å². The van der Waals surface area contributed by atoms with Gasteiger partial charge in [-0.05, 0) is 87.6 Å². The molecule has 6 bridgehead atoms. The first kappa shape index (κ1) is 52.9. The van der Waals surface area contributed by atoms with Gasteiger partial charge in [0, 0.05) is 13.3 Å². The summed E-state index contributed by atoms with van der Waals surface area (Å²) < 4.78 is 0. The van der Waals surface area contributed by atoms with E-state index in [9.17, 15) is 22.2 Å². The summed E-state index contributed by atoms with van der Waals surface area (Å²) in [5.74, 6) is 4.93. The van der Waals surface area contributed by atoms with E-state index in [0.29, 0.717) is 57.4 Å². The Morgan fingerprint density at radius 1 is 0.207 bits per heavy atom. The van der Waals surface area contributed by atoms with E-state index in [-0.39, 0.29) is 30.2 Å². The van der Waals surface area contributed by atoms with Gasteiger partial charge in [-0.3, -0.25) is 0 Å². The Hall–Kier alpha value is 2.32. The summed E-state index contributed by atoms with van der Waals surface area (Å²) in [7, 11) is 0. The van der Waals surface area contributed by atoms with Crippen LogP contribution in [0.2, 0.25) is 40.3 Å². The summed E-state index contributed by atoms with van der Waals surface area (Å²) >= 11 is 21.0. The molecule has 0 amide bonds. The molecule has 0 aromatic rings. The summed E-state index contributed by atoms with van der Waals surface area (Å²) in [6.45, 7) is 76.1. The van der Waals surface area contributed by atoms with Gasteiger partial charge in [0.1, 0.15) is 12.8 Å². The van der Waals surface area contributed by atoms with Crippen LogP contribution in [0.1, 0.15) is 222 Å². The van der Waals surface area contributed by atoms with Gasteiger partial charge < -0.3 is 0 Å². The molecule has 5 aliphatic rings. The second-order valence-electron chi connectivity index (χ2n) is 28.8. The fourth-order valence-electron chi connectivity index (χ4n) is 19.1. The Morgan fingerprint density at radius 2 is 0.310 bits per heavy atom. The van der Waals surface area contributed by atoms with Crippen molar-refractivity contribution in [2.75, 3.05) is 0 Å². The zero-order valence-electron chi connectivity index (χ0n) is 45.4. The Bertz CT molecular complexity index is 1520. The van der Waals surface area contributed by atoms with Gasteiger partial charge in [0.2, 0.25) is 0 Å². The van der Waals surface area contributed by atoms with Crippen molar-refractivity contribution in [3.8, 4) is 0 Å². The highest BCUT2D eigenvalue weighted by Crippen LogP contribution is 3.10. The minimum Gasteiger partial charge on any atom is -0.175 e. The Balaban J connectivity index is 2.98. The van der Waals surface area contributed by atoms with E-state index in [1.165, 1.54) is 0 Å². The molecule has 0 N–H and O–H groups in total. The second kappa shape index (κ2) is 13.5. The fourth-order valence-corrected chi connectivity index (χ4v) is 966. The SMILES string of the molecule is CC(C)C(C)(C)[Si]1(Cl)[Si]2(C(C)(C)C(C)C)[Si]3(C(C)(C)C(C)C)[Si](Cl)(C(C)(C)C(C)C)[Si]4(C(C)(C)C(C)C)[Si]2(C(C)(C)C(C)C)[Si]1(C(C)(C)C(C)C)[Si]34C(C)(C)C(C)C. The normalized spacial score (nSPS) is 38.6. The van der Waals surface area contributed by atoms with Gasteiger partial charge in [0.15, 0.2) is 0 Å². The van der Waals surface area contributed by atoms with Gasteiger partial charge in [-0.2, -0.15) is 22.2 Å². The van der Waals surface area contributed by atoms with Crippen molar-refractivity contribution in [1.29, 1.82) is 0 Å². The fraction of sp³-hybridized carbons (Fsp3) is 1.00. The maximum atomic E-state index is 10.5. The van der Waals surface area contributed by atoms with Crippen LogP contribution < -0.4 is 0 Å². The van der Waals surface area contributed by atoms with Crippen LogP contribution >= 0.6 is 22.2 Å². The van der Waals surface area contributed by atoms with Crippen molar-refractivity contribution >= 4 is 74.8 Å².